The Kier molecular flexibility index (Phi) is 9.91. The van der Waals surface area contributed by atoms with E-state index >= 15 is 0 Å². The molecule has 9 heteroatoms. The summed E-state index contributed by atoms with van der Waals surface area (Å²) in [5, 5.41) is 21.3. The molecule has 2 rings (SSSR count). The maximum atomic E-state index is 13.4. The number of imide groups is 1. The second-order valence-corrected chi connectivity index (χ2v) is 8.23. The first kappa shape index (κ1) is 26.7. The van der Waals surface area contributed by atoms with Gasteiger partial charge in [-0.05, 0) is 31.4 Å². The van der Waals surface area contributed by atoms with E-state index in [1.54, 1.807) is 54.6 Å². The van der Waals surface area contributed by atoms with Crippen LogP contribution in [0.1, 0.15) is 31.4 Å². The summed E-state index contributed by atoms with van der Waals surface area (Å²) in [6.07, 6.45) is -1.39. The first-order valence-electron chi connectivity index (χ1n) is 11.0. The van der Waals surface area contributed by atoms with Crippen molar-refractivity contribution < 1.29 is 29.4 Å². The lowest BCUT2D eigenvalue weighted by atomic mass is 9.99. The van der Waals surface area contributed by atoms with Gasteiger partial charge in [0.25, 0.3) is 0 Å². The predicted octanol–water partition coefficient (Wildman–Crippen LogP) is 0.883. The molecule has 2 aromatic rings. The average molecular weight is 470 g/mol. The number of aliphatic hydroxyl groups is 1. The molecule has 3 amide bonds. The fraction of sp³-hybridized carbons (Fsp3) is 0.360. The summed E-state index contributed by atoms with van der Waals surface area (Å²) in [4.78, 5) is 51.8. The molecule has 2 aromatic carbocycles. The lowest BCUT2D eigenvalue weighted by Crippen LogP contribution is -2.59. The van der Waals surface area contributed by atoms with Crippen LogP contribution in [0.15, 0.2) is 60.7 Å². The summed E-state index contributed by atoms with van der Waals surface area (Å²) < 4.78 is 0. The molecule has 0 aliphatic rings. The Morgan fingerprint density at radius 1 is 0.912 bits per heavy atom. The number of hydrogen-bond acceptors (Lipinski definition) is 6. The summed E-state index contributed by atoms with van der Waals surface area (Å²) in [7, 11) is 0. The smallest absolute Gasteiger partial charge is 0.325 e. The number of nitrogens with zero attached hydrogens (tertiary/aromatic N) is 1. The molecule has 9 nitrogen and oxygen atoms in total. The molecule has 0 spiro atoms. The van der Waals surface area contributed by atoms with Crippen LogP contribution in [0.3, 0.4) is 0 Å². The summed E-state index contributed by atoms with van der Waals surface area (Å²) in [6, 6.07) is 14.0. The number of hydrogen-bond donors (Lipinski definition) is 4. The molecule has 0 fully saturated rings. The number of carboxylic acid groups (broad SMARTS) is 1. The van der Waals surface area contributed by atoms with Crippen LogP contribution in [0.2, 0.25) is 0 Å². The highest BCUT2D eigenvalue weighted by molar-refractivity contribution is 6.03. The largest absolute Gasteiger partial charge is 0.480 e. The molecule has 0 aliphatic carbocycles. The van der Waals surface area contributed by atoms with Crippen molar-refractivity contribution in [2.75, 3.05) is 0 Å². The minimum Gasteiger partial charge on any atom is -0.480 e. The van der Waals surface area contributed by atoms with Gasteiger partial charge in [0.15, 0.2) is 0 Å². The van der Waals surface area contributed by atoms with Gasteiger partial charge in [0.2, 0.25) is 17.7 Å². The molecule has 34 heavy (non-hydrogen) atoms. The Morgan fingerprint density at radius 3 is 1.88 bits per heavy atom. The standard InChI is InChI=1S/C25H31N3O6/c1-16(29)13-22(30)28(24(32)20(26)14-18-9-5-3-6-10-18)21(15-19-11-7-4-8-12-19)23(31)27-17(2)25(33)34/h3-12,16-17,20-21,29H,13-15,26H2,1-2H3,(H,27,31)(H,33,34)/t16-,17+,20-,21+/m1/s1. The van der Waals surface area contributed by atoms with E-state index in [1.807, 2.05) is 6.07 Å². The topological polar surface area (TPSA) is 150 Å². The fourth-order valence-corrected chi connectivity index (χ4v) is 3.45. The molecule has 182 valence electrons. The van der Waals surface area contributed by atoms with Crippen LogP contribution >= 0.6 is 0 Å². The molecule has 0 bridgehead atoms. The number of benzene rings is 2. The number of carbonyl (C=O) groups is 4. The molecule has 0 radical (unpaired) electrons. The number of carbonyl (C=O) groups excluding carboxylic acids is 3. The van der Waals surface area contributed by atoms with Crippen LogP contribution in [0.5, 0.6) is 0 Å². The maximum Gasteiger partial charge on any atom is 0.325 e. The van der Waals surface area contributed by atoms with Gasteiger partial charge >= 0.3 is 5.97 Å². The van der Waals surface area contributed by atoms with Gasteiger partial charge < -0.3 is 21.3 Å². The molecule has 4 atom stereocenters. The zero-order valence-electron chi connectivity index (χ0n) is 19.3. The van der Waals surface area contributed by atoms with Crippen LogP contribution in [0, 0.1) is 0 Å². The highest BCUT2D eigenvalue weighted by Crippen LogP contribution is 2.16. The third-order valence-electron chi connectivity index (χ3n) is 5.21. The lowest BCUT2D eigenvalue weighted by Gasteiger charge is -2.32. The van der Waals surface area contributed by atoms with Crippen molar-refractivity contribution >= 4 is 23.7 Å². The van der Waals surface area contributed by atoms with E-state index in [4.69, 9.17) is 5.73 Å². The highest BCUT2D eigenvalue weighted by Gasteiger charge is 2.38. The molecule has 0 aliphatic heterocycles. The second kappa shape index (κ2) is 12.6. The predicted molar refractivity (Wildman–Crippen MR) is 125 cm³/mol. The third-order valence-corrected chi connectivity index (χ3v) is 5.21. The van der Waals surface area contributed by atoms with Gasteiger partial charge in [0.1, 0.15) is 12.1 Å². The lowest BCUT2D eigenvalue weighted by molar-refractivity contribution is -0.154. The number of rotatable bonds is 11. The molecule has 0 saturated carbocycles. The quantitative estimate of drug-likeness (QED) is 0.381. The number of nitrogens with two attached hydrogens (primary N) is 1. The van der Waals surface area contributed by atoms with Crippen LogP contribution < -0.4 is 11.1 Å². The van der Waals surface area contributed by atoms with Crippen LogP contribution in [0.25, 0.3) is 0 Å². The van der Waals surface area contributed by atoms with Gasteiger partial charge in [-0.15, -0.1) is 0 Å². The second-order valence-electron chi connectivity index (χ2n) is 8.23. The van der Waals surface area contributed by atoms with Crippen LogP contribution in [-0.2, 0) is 32.0 Å². The molecular weight excluding hydrogens is 438 g/mol. The van der Waals surface area contributed by atoms with E-state index < -0.39 is 54.3 Å². The van der Waals surface area contributed by atoms with Gasteiger partial charge in [0, 0.05) is 6.42 Å². The van der Waals surface area contributed by atoms with Crippen molar-refractivity contribution in [3.8, 4) is 0 Å². The van der Waals surface area contributed by atoms with E-state index in [9.17, 15) is 29.4 Å². The summed E-state index contributed by atoms with van der Waals surface area (Å²) in [5.41, 5.74) is 7.60. The first-order valence-corrected chi connectivity index (χ1v) is 11.0. The van der Waals surface area contributed by atoms with Crippen molar-refractivity contribution in [3.63, 3.8) is 0 Å². The molecule has 0 unspecified atom stereocenters. The van der Waals surface area contributed by atoms with Crippen molar-refractivity contribution in [2.45, 2.75) is 57.3 Å². The van der Waals surface area contributed by atoms with Crippen LogP contribution in [0.4, 0.5) is 0 Å². The normalized spacial score (nSPS) is 14.4. The van der Waals surface area contributed by atoms with Gasteiger partial charge in [-0.3, -0.25) is 24.1 Å². The number of aliphatic hydroxyl groups excluding tert-OH is 1. The van der Waals surface area contributed by atoms with Crippen molar-refractivity contribution in [1.82, 2.24) is 10.2 Å². The number of nitrogens with one attached hydrogen (secondary N) is 1. The Labute approximate surface area is 198 Å². The Balaban J connectivity index is 2.43. The molecule has 0 aromatic heterocycles. The van der Waals surface area contributed by atoms with Gasteiger partial charge in [-0.1, -0.05) is 60.7 Å². The maximum absolute atomic E-state index is 13.4. The van der Waals surface area contributed by atoms with E-state index in [0.717, 1.165) is 10.5 Å². The zero-order chi connectivity index (χ0) is 25.3. The van der Waals surface area contributed by atoms with Gasteiger partial charge in [-0.25, -0.2) is 0 Å². The summed E-state index contributed by atoms with van der Waals surface area (Å²) in [6.45, 7) is 2.67. The van der Waals surface area contributed by atoms with Crippen LogP contribution in [-0.4, -0.2) is 63.0 Å². The number of carboxylic acids is 1. The monoisotopic (exact) mass is 469 g/mol. The van der Waals surface area contributed by atoms with Gasteiger partial charge in [-0.2, -0.15) is 0 Å². The minimum atomic E-state index is -1.36. The number of amides is 3. The summed E-state index contributed by atoms with van der Waals surface area (Å²) >= 11 is 0. The SMILES string of the molecule is C[C@H](NC(=O)[C@H](Cc1ccccc1)N(C(=O)C[C@@H](C)O)C(=O)[C@H](N)Cc1ccccc1)C(=O)O. The summed E-state index contributed by atoms with van der Waals surface area (Å²) in [5.74, 6) is -3.63. The highest BCUT2D eigenvalue weighted by atomic mass is 16.4. The minimum absolute atomic E-state index is 0.0473. The Morgan fingerprint density at radius 2 is 1.41 bits per heavy atom. The fourth-order valence-electron chi connectivity index (χ4n) is 3.45. The Bertz CT molecular complexity index is 981. The molecule has 0 heterocycles. The first-order chi connectivity index (χ1) is 16.1. The van der Waals surface area contributed by atoms with E-state index in [0.29, 0.717) is 5.56 Å². The molecule has 5 N–H and O–H groups in total. The Hall–Kier alpha value is -3.56. The average Bonchev–Trinajstić information content (AvgIpc) is 2.79. The molecule has 0 saturated heterocycles. The van der Waals surface area contributed by atoms with Crippen molar-refractivity contribution in [2.24, 2.45) is 5.73 Å². The van der Waals surface area contributed by atoms with E-state index in [2.05, 4.69) is 5.32 Å². The van der Waals surface area contributed by atoms with E-state index in [1.165, 1.54) is 13.8 Å². The van der Waals surface area contributed by atoms with E-state index in [-0.39, 0.29) is 12.8 Å². The van der Waals surface area contributed by atoms with Gasteiger partial charge in [0.05, 0.1) is 18.6 Å². The molecular formula is C25H31N3O6. The third kappa shape index (κ3) is 7.79. The van der Waals surface area contributed by atoms with Crippen molar-refractivity contribution in [1.29, 1.82) is 0 Å². The van der Waals surface area contributed by atoms with Crippen molar-refractivity contribution in [3.05, 3.63) is 71.8 Å². The number of aliphatic carboxylic acids is 1. The zero-order valence-corrected chi connectivity index (χ0v) is 19.3.